The molecule has 0 radical (unpaired) electrons. The largest absolute Gasteiger partial charge is 0.478 e. The number of aromatic amines is 1. The minimum Gasteiger partial charge on any atom is -0.478 e. The van der Waals surface area contributed by atoms with Crippen LogP contribution in [-0.4, -0.2) is 50.5 Å². The number of piperidine rings is 1. The second kappa shape index (κ2) is 8.41. The Morgan fingerprint density at radius 2 is 2.03 bits per heavy atom. The molecule has 0 saturated carbocycles. The predicted molar refractivity (Wildman–Crippen MR) is 117 cm³/mol. The van der Waals surface area contributed by atoms with Crippen molar-refractivity contribution >= 4 is 22.9 Å². The summed E-state index contributed by atoms with van der Waals surface area (Å²) >= 11 is 0. The Morgan fingerprint density at radius 3 is 2.81 bits per heavy atom. The minimum atomic E-state index is -1.31. The smallest absolute Gasteiger partial charge is 0.347 e. The summed E-state index contributed by atoms with van der Waals surface area (Å²) < 4.78 is 5.68. The lowest BCUT2D eigenvalue weighted by Crippen LogP contribution is -2.40. The predicted octanol–water partition coefficient (Wildman–Crippen LogP) is 3.75. The lowest BCUT2D eigenvalue weighted by atomic mass is 9.90. The first kappa shape index (κ1) is 20.9. The van der Waals surface area contributed by atoms with Gasteiger partial charge >= 0.3 is 5.97 Å². The number of carboxylic acids is 1. The fourth-order valence-electron chi connectivity index (χ4n) is 3.99. The lowest BCUT2D eigenvalue weighted by molar-refractivity contribution is -0.152. The zero-order valence-electron chi connectivity index (χ0n) is 17.8. The number of fused-ring (bicyclic) bond motifs is 1. The van der Waals surface area contributed by atoms with E-state index in [0.717, 1.165) is 36.0 Å². The number of para-hydroxylation sites is 2. The molecule has 1 aliphatic rings. The van der Waals surface area contributed by atoms with Crippen LogP contribution in [0.15, 0.2) is 48.5 Å². The SMILES string of the molecule is CC(C)(Oc1cccc(C2CCCN(C(=O)Cc3nc4ccccc4[nH]3)C2)c1)C(=O)O. The van der Waals surface area contributed by atoms with Crippen molar-refractivity contribution in [1.29, 1.82) is 0 Å². The van der Waals surface area contributed by atoms with Crippen LogP contribution in [-0.2, 0) is 16.0 Å². The summed E-state index contributed by atoms with van der Waals surface area (Å²) in [6.07, 6.45) is 2.14. The highest BCUT2D eigenvalue weighted by atomic mass is 16.5. The van der Waals surface area contributed by atoms with E-state index >= 15 is 0 Å². The first-order valence-electron chi connectivity index (χ1n) is 10.6. The van der Waals surface area contributed by atoms with Gasteiger partial charge in [-0.15, -0.1) is 0 Å². The number of benzene rings is 2. The maximum Gasteiger partial charge on any atom is 0.347 e. The highest BCUT2D eigenvalue weighted by Crippen LogP contribution is 2.30. The van der Waals surface area contributed by atoms with Gasteiger partial charge in [-0.05, 0) is 56.5 Å². The number of likely N-dealkylation sites (tertiary alicyclic amines) is 1. The molecule has 2 heterocycles. The summed E-state index contributed by atoms with van der Waals surface area (Å²) in [5.74, 6) is 0.432. The molecule has 4 rings (SSSR count). The highest BCUT2D eigenvalue weighted by Gasteiger charge is 2.30. The van der Waals surface area contributed by atoms with Crippen molar-refractivity contribution in [2.24, 2.45) is 0 Å². The topological polar surface area (TPSA) is 95.5 Å². The van der Waals surface area contributed by atoms with Gasteiger partial charge in [0.25, 0.3) is 0 Å². The number of amides is 1. The number of hydrogen-bond donors (Lipinski definition) is 2. The zero-order valence-corrected chi connectivity index (χ0v) is 17.8. The van der Waals surface area contributed by atoms with E-state index in [1.165, 1.54) is 13.8 Å². The molecule has 31 heavy (non-hydrogen) atoms. The Balaban J connectivity index is 1.44. The molecule has 7 nitrogen and oxygen atoms in total. The fourth-order valence-corrected chi connectivity index (χ4v) is 3.99. The molecule has 1 unspecified atom stereocenters. The van der Waals surface area contributed by atoms with Crippen LogP contribution in [0.1, 0.15) is 44.0 Å². The third-order valence-corrected chi connectivity index (χ3v) is 5.75. The Bertz CT molecular complexity index is 1070. The number of imidazole rings is 1. The van der Waals surface area contributed by atoms with Crippen LogP contribution in [0.25, 0.3) is 11.0 Å². The summed E-state index contributed by atoms with van der Waals surface area (Å²) in [5, 5.41) is 9.31. The van der Waals surface area contributed by atoms with Crippen molar-refractivity contribution in [3.63, 3.8) is 0 Å². The molecule has 0 spiro atoms. The molecular formula is C24H27N3O4. The molecule has 1 fully saturated rings. The number of carbonyl (C=O) groups excluding carboxylic acids is 1. The number of rotatable bonds is 6. The van der Waals surface area contributed by atoms with Gasteiger partial charge in [0.15, 0.2) is 5.60 Å². The molecule has 1 aliphatic heterocycles. The van der Waals surface area contributed by atoms with Crippen molar-refractivity contribution in [2.45, 2.75) is 44.6 Å². The number of carbonyl (C=O) groups is 2. The summed E-state index contributed by atoms with van der Waals surface area (Å²) in [7, 11) is 0. The van der Waals surface area contributed by atoms with Gasteiger partial charge in [-0.1, -0.05) is 24.3 Å². The van der Waals surface area contributed by atoms with E-state index in [1.54, 1.807) is 6.07 Å². The fraction of sp³-hybridized carbons (Fsp3) is 0.375. The number of aromatic nitrogens is 2. The monoisotopic (exact) mass is 421 g/mol. The van der Waals surface area contributed by atoms with Gasteiger partial charge < -0.3 is 19.7 Å². The molecule has 1 atom stereocenters. The van der Waals surface area contributed by atoms with Crippen molar-refractivity contribution in [3.05, 3.63) is 59.9 Å². The summed E-state index contributed by atoms with van der Waals surface area (Å²) in [6.45, 7) is 4.42. The number of H-pyrrole nitrogens is 1. The maximum atomic E-state index is 12.9. The van der Waals surface area contributed by atoms with E-state index < -0.39 is 11.6 Å². The molecule has 0 aliphatic carbocycles. The quantitative estimate of drug-likeness (QED) is 0.632. The van der Waals surface area contributed by atoms with Crippen LogP contribution in [0.3, 0.4) is 0 Å². The van der Waals surface area contributed by atoms with Gasteiger partial charge in [-0.3, -0.25) is 4.79 Å². The number of nitrogens with zero attached hydrogens (tertiary/aromatic N) is 2. The Labute approximate surface area is 181 Å². The summed E-state index contributed by atoms with van der Waals surface area (Å²) in [6, 6.07) is 15.3. The van der Waals surface area contributed by atoms with Crippen LogP contribution in [0, 0.1) is 0 Å². The van der Waals surface area contributed by atoms with Gasteiger partial charge in [-0.25, -0.2) is 9.78 Å². The van der Waals surface area contributed by atoms with Crippen molar-refractivity contribution in [1.82, 2.24) is 14.9 Å². The minimum absolute atomic E-state index is 0.0585. The number of carboxylic acid groups (broad SMARTS) is 1. The third kappa shape index (κ3) is 4.71. The molecular weight excluding hydrogens is 394 g/mol. The summed E-state index contributed by atoms with van der Waals surface area (Å²) in [4.78, 5) is 33.9. The second-order valence-electron chi connectivity index (χ2n) is 8.55. The maximum absolute atomic E-state index is 12.9. The molecule has 162 valence electrons. The van der Waals surface area contributed by atoms with Crippen LogP contribution in [0.5, 0.6) is 5.75 Å². The highest BCUT2D eigenvalue weighted by molar-refractivity contribution is 5.80. The first-order valence-corrected chi connectivity index (χ1v) is 10.6. The van der Waals surface area contributed by atoms with Crippen molar-refractivity contribution < 1.29 is 19.4 Å². The van der Waals surface area contributed by atoms with E-state index in [1.807, 2.05) is 47.4 Å². The molecule has 1 aromatic heterocycles. The average molecular weight is 421 g/mol. The normalized spacial score (nSPS) is 17.0. The molecule has 3 aromatic rings. The van der Waals surface area contributed by atoms with Crippen LogP contribution in [0.4, 0.5) is 0 Å². The van der Waals surface area contributed by atoms with E-state index in [-0.39, 0.29) is 18.2 Å². The molecule has 1 amide bonds. The molecule has 0 bridgehead atoms. The van der Waals surface area contributed by atoms with E-state index in [9.17, 15) is 14.7 Å². The van der Waals surface area contributed by atoms with Crippen molar-refractivity contribution in [2.75, 3.05) is 13.1 Å². The number of aliphatic carboxylic acids is 1. The van der Waals surface area contributed by atoms with Crippen molar-refractivity contribution in [3.8, 4) is 5.75 Å². The standard InChI is InChI=1S/C24H27N3O4/c1-24(2,23(29)30)31-18-9-5-7-16(13-18)17-8-6-12-27(15-17)22(28)14-21-25-19-10-3-4-11-20(19)26-21/h3-5,7,9-11,13,17H,6,8,12,14-15H2,1-2H3,(H,25,26)(H,29,30). The van der Waals surface area contributed by atoms with Gasteiger partial charge in [-0.2, -0.15) is 0 Å². The van der Waals surface area contributed by atoms with E-state index in [2.05, 4.69) is 9.97 Å². The summed E-state index contributed by atoms with van der Waals surface area (Å²) in [5.41, 5.74) is 1.55. The van der Waals surface area contributed by atoms with Crippen LogP contribution < -0.4 is 4.74 Å². The van der Waals surface area contributed by atoms with Gasteiger partial charge in [0, 0.05) is 19.0 Å². The molecule has 2 aromatic carbocycles. The molecule has 7 heteroatoms. The van der Waals surface area contributed by atoms with Crippen LogP contribution >= 0.6 is 0 Å². The Kier molecular flexibility index (Phi) is 5.67. The number of ether oxygens (including phenoxy) is 1. The second-order valence-corrected chi connectivity index (χ2v) is 8.55. The third-order valence-electron chi connectivity index (χ3n) is 5.75. The van der Waals surface area contributed by atoms with Crippen LogP contribution in [0.2, 0.25) is 0 Å². The van der Waals surface area contributed by atoms with E-state index in [0.29, 0.717) is 18.1 Å². The Morgan fingerprint density at radius 1 is 1.23 bits per heavy atom. The lowest BCUT2D eigenvalue weighted by Gasteiger charge is -2.33. The number of nitrogens with one attached hydrogen (secondary N) is 1. The molecule has 2 N–H and O–H groups in total. The van der Waals surface area contributed by atoms with Gasteiger partial charge in [0.2, 0.25) is 5.91 Å². The average Bonchev–Trinajstić information content (AvgIpc) is 3.16. The van der Waals surface area contributed by atoms with E-state index in [4.69, 9.17) is 4.74 Å². The number of hydrogen-bond acceptors (Lipinski definition) is 4. The van der Waals surface area contributed by atoms with Gasteiger partial charge in [0.05, 0.1) is 17.5 Å². The zero-order chi connectivity index (χ0) is 22.0. The first-order chi connectivity index (χ1) is 14.8. The van der Waals surface area contributed by atoms with Gasteiger partial charge in [0.1, 0.15) is 11.6 Å². The Hall–Kier alpha value is -3.35. The molecule has 1 saturated heterocycles.